The first-order chi connectivity index (χ1) is 8.58. The predicted octanol–water partition coefficient (Wildman–Crippen LogP) is 3.37. The Morgan fingerprint density at radius 2 is 2.00 bits per heavy atom. The fraction of sp³-hybridized carbons (Fsp3) is 0.600. The number of hydrogen-bond donors (Lipinski definition) is 0. The van der Waals surface area contributed by atoms with Crippen LogP contribution in [-0.2, 0) is 15.9 Å². The molecule has 0 spiro atoms. The standard InChI is InChI=1S/C10H13ClF3NO2S2/c1-7-5-9(18-8(7)6-11)19(16,17)15(2)4-3-10(12,13)14/h5H,3-4,6H2,1-2H3. The van der Waals surface area contributed by atoms with E-state index < -0.39 is 29.2 Å². The highest BCUT2D eigenvalue weighted by atomic mass is 35.5. The van der Waals surface area contributed by atoms with Crippen LogP contribution in [0.2, 0.25) is 0 Å². The van der Waals surface area contributed by atoms with Gasteiger partial charge in [0.1, 0.15) is 4.21 Å². The van der Waals surface area contributed by atoms with Crippen LogP contribution < -0.4 is 0 Å². The van der Waals surface area contributed by atoms with E-state index in [4.69, 9.17) is 11.6 Å². The van der Waals surface area contributed by atoms with E-state index in [-0.39, 0.29) is 10.1 Å². The van der Waals surface area contributed by atoms with Gasteiger partial charge in [-0.1, -0.05) is 0 Å². The molecule has 0 atom stereocenters. The molecule has 0 N–H and O–H groups in total. The van der Waals surface area contributed by atoms with Crippen molar-refractivity contribution in [3.05, 3.63) is 16.5 Å². The normalized spacial score (nSPS) is 13.2. The molecule has 0 bridgehead atoms. The van der Waals surface area contributed by atoms with Gasteiger partial charge in [-0.05, 0) is 18.6 Å². The summed E-state index contributed by atoms with van der Waals surface area (Å²) in [5.41, 5.74) is 0.725. The maximum Gasteiger partial charge on any atom is 0.390 e. The zero-order valence-electron chi connectivity index (χ0n) is 10.3. The Balaban J connectivity index is 2.90. The molecule has 0 unspecified atom stereocenters. The van der Waals surface area contributed by atoms with Gasteiger partial charge >= 0.3 is 6.18 Å². The minimum absolute atomic E-state index is 0.0188. The third-order valence-corrected chi connectivity index (χ3v) is 6.46. The van der Waals surface area contributed by atoms with Crippen LogP contribution in [-0.4, -0.2) is 32.5 Å². The Morgan fingerprint density at radius 1 is 1.42 bits per heavy atom. The van der Waals surface area contributed by atoms with Gasteiger partial charge in [0.25, 0.3) is 10.0 Å². The van der Waals surface area contributed by atoms with Gasteiger partial charge in [-0.3, -0.25) is 0 Å². The Bertz CT molecular complexity index is 539. The van der Waals surface area contributed by atoms with Crippen LogP contribution in [0.15, 0.2) is 10.3 Å². The lowest BCUT2D eigenvalue weighted by Gasteiger charge is -2.16. The van der Waals surface area contributed by atoms with Gasteiger partial charge in [-0.15, -0.1) is 22.9 Å². The zero-order chi connectivity index (χ0) is 14.8. The van der Waals surface area contributed by atoms with Gasteiger partial charge in [-0.25, -0.2) is 8.42 Å². The summed E-state index contributed by atoms with van der Waals surface area (Å²) in [4.78, 5) is 0.699. The van der Waals surface area contributed by atoms with Crippen LogP contribution in [0, 0.1) is 6.92 Å². The lowest BCUT2D eigenvalue weighted by molar-refractivity contribution is -0.135. The van der Waals surface area contributed by atoms with Gasteiger partial charge in [0, 0.05) is 18.5 Å². The van der Waals surface area contributed by atoms with Crippen molar-refractivity contribution in [3.63, 3.8) is 0 Å². The Hall–Kier alpha value is -0.310. The van der Waals surface area contributed by atoms with Crippen LogP contribution in [0.25, 0.3) is 0 Å². The molecule has 9 heteroatoms. The van der Waals surface area contributed by atoms with Gasteiger partial charge in [0.05, 0.1) is 12.3 Å². The molecule has 0 saturated heterocycles. The second-order valence-corrected chi connectivity index (χ2v) is 7.67. The number of sulfonamides is 1. The number of rotatable bonds is 5. The summed E-state index contributed by atoms with van der Waals surface area (Å²) in [6.45, 7) is 1.11. The highest BCUT2D eigenvalue weighted by molar-refractivity contribution is 7.91. The lowest BCUT2D eigenvalue weighted by Crippen LogP contribution is -2.30. The van der Waals surface area contributed by atoms with E-state index in [0.29, 0.717) is 9.18 Å². The third-order valence-electron chi connectivity index (χ3n) is 2.49. The minimum Gasteiger partial charge on any atom is -0.206 e. The van der Waals surface area contributed by atoms with Crippen molar-refractivity contribution in [3.8, 4) is 0 Å². The molecular weight excluding hydrogens is 323 g/mol. The fourth-order valence-corrected chi connectivity index (χ4v) is 4.50. The number of hydrogen-bond acceptors (Lipinski definition) is 3. The molecular formula is C10H13ClF3NO2S2. The molecule has 1 heterocycles. The molecule has 1 aromatic rings. The summed E-state index contributed by atoms with van der Waals surface area (Å²) in [7, 11) is -2.74. The van der Waals surface area contributed by atoms with Crippen LogP contribution in [0.1, 0.15) is 16.9 Å². The van der Waals surface area contributed by atoms with Crippen molar-refractivity contribution in [1.82, 2.24) is 4.31 Å². The number of nitrogens with zero attached hydrogens (tertiary/aromatic N) is 1. The van der Waals surface area contributed by atoms with Crippen molar-refractivity contribution < 1.29 is 21.6 Å². The highest BCUT2D eigenvalue weighted by Crippen LogP contribution is 2.30. The summed E-state index contributed by atoms with van der Waals surface area (Å²) in [5.74, 6) is 0.179. The van der Waals surface area contributed by atoms with Gasteiger partial charge in [0.15, 0.2) is 0 Å². The van der Waals surface area contributed by atoms with E-state index in [1.54, 1.807) is 6.92 Å². The molecule has 1 aromatic heterocycles. The predicted molar refractivity (Wildman–Crippen MR) is 69.1 cm³/mol. The molecule has 3 nitrogen and oxygen atoms in total. The fourth-order valence-electron chi connectivity index (χ4n) is 1.31. The van der Waals surface area contributed by atoms with E-state index in [0.717, 1.165) is 23.9 Å². The molecule has 0 aliphatic rings. The second kappa shape index (κ2) is 5.99. The number of halogens is 4. The largest absolute Gasteiger partial charge is 0.390 e. The Morgan fingerprint density at radius 3 is 2.42 bits per heavy atom. The maximum atomic E-state index is 12.1. The lowest BCUT2D eigenvalue weighted by atomic mass is 10.3. The number of aryl methyl sites for hydroxylation is 1. The molecule has 19 heavy (non-hydrogen) atoms. The molecule has 0 radical (unpaired) electrons. The molecule has 0 aliphatic heterocycles. The first-order valence-electron chi connectivity index (χ1n) is 5.26. The van der Waals surface area contributed by atoms with E-state index in [1.807, 2.05) is 0 Å². The molecule has 1 rings (SSSR count). The quantitative estimate of drug-likeness (QED) is 0.774. The van der Waals surface area contributed by atoms with Crippen molar-refractivity contribution in [2.75, 3.05) is 13.6 Å². The smallest absolute Gasteiger partial charge is 0.206 e. The number of alkyl halides is 4. The van der Waals surface area contributed by atoms with Gasteiger partial charge in [0.2, 0.25) is 0 Å². The minimum atomic E-state index is -4.38. The molecule has 0 saturated carbocycles. The average Bonchev–Trinajstić information content (AvgIpc) is 2.66. The number of thiophene rings is 1. The molecule has 0 aliphatic carbocycles. The topological polar surface area (TPSA) is 37.4 Å². The SMILES string of the molecule is Cc1cc(S(=O)(=O)N(C)CCC(F)(F)F)sc1CCl. The third kappa shape index (κ3) is 4.34. The van der Waals surface area contributed by atoms with E-state index in [1.165, 1.54) is 6.07 Å². The van der Waals surface area contributed by atoms with Crippen LogP contribution in [0.3, 0.4) is 0 Å². The highest BCUT2D eigenvalue weighted by Gasteiger charge is 2.31. The average molecular weight is 336 g/mol. The summed E-state index contributed by atoms with van der Waals surface area (Å²) in [5, 5.41) is 0. The van der Waals surface area contributed by atoms with Gasteiger partial charge < -0.3 is 0 Å². The summed E-state index contributed by atoms with van der Waals surface area (Å²) in [6, 6.07) is 1.43. The molecule has 110 valence electrons. The van der Waals surface area contributed by atoms with Crippen LogP contribution in [0.4, 0.5) is 13.2 Å². The van der Waals surface area contributed by atoms with Crippen molar-refractivity contribution in [2.24, 2.45) is 0 Å². The van der Waals surface area contributed by atoms with Crippen molar-refractivity contribution >= 4 is 33.0 Å². The van der Waals surface area contributed by atoms with Crippen LogP contribution >= 0.6 is 22.9 Å². The second-order valence-electron chi connectivity index (χ2n) is 4.00. The zero-order valence-corrected chi connectivity index (χ0v) is 12.7. The van der Waals surface area contributed by atoms with E-state index >= 15 is 0 Å². The van der Waals surface area contributed by atoms with E-state index in [2.05, 4.69) is 0 Å². The first kappa shape index (κ1) is 16.7. The van der Waals surface area contributed by atoms with Gasteiger partial charge in [-0.2, -0.15) is 17.5 Å². The molecule has 0 aromatic carbocycles. The summed E-state index contributed by atoms with van der Waals surface area (Å²) in [6.07, 6.45) is -5.55. The molecule has 0 fully saturated rings. The van der Waals surface area contributed by atoms with Crippen molar-refractivity contribution in [1.29, 1.82) is 0 Å². The molecule has 0 amide bonds. The first-order valence-corrected chi connectivity index (χ1v) is 8.05. The van der Waals surface area contributed by atoms with Crippen molar-refractivity contribution in [2.45, 2.75) is 29.6 Å². The Kier molecular flexibility index (Phi) is 5.28. The summed E-state index contributed by atoms with van der Waals surface area (Å²) < 4.78 is 61.1. The summed E-state index contributed by atoms with van der Waals surface area (Å²) >= 11 is 6.63. The Labute approximate surface area is 119 Å². The maximum absolute atomic E-state index is 12.1. The van der Waals surface area contributed by atoms with Crippen LogP contribution in [0.5, 0.6) is 0 Å². The van der Waals surface area contributed by atoms with E-state index in [9.17, 15) is 21.6 Å². The monoisotopic (exact) mass is 335 g/mol.